The molecule has 0 atom stereocenters. The van der Waals surface area contributed by atoms with Crippen LogP contribution in [0, 0.1) is 0 Å². The van der Waals surface area contributed by atoms with Crippen LogP contribution >= 0.6 is 0 Å². The molecule has 0 amide bonds. The monoisotopic (exact) mass is 560 g/mol. The molecule has 0 aliphatic rings. The zero-order chi connectivity index (χ0) is 25.2. The molecule has 182 valence electrons. The van der Waals surface area contributed by atoms with Crippen molar-refractivity contribution in [2.45, 2.75) is 9.79 Å². The summed E-state index contributed by atoms with van der Waals surface area (Å²) in [6.45, 7) is 0. The van der Waals surface area contributed by atoms with Gasteiger partial charge in [-0.1, -0.05) is 24.3 Å². The maximum atomic E-state index is 12.0. The maximum Gasteiger partial charge on any atom is 1.00 e. The van der Waals surface area contributed by atoms with Crippen molar-refractivity contribution in [3.63, 3.8) is 0 Å². The van der Waals surface area contributed by atoms with E-state index in [4.69, 9.17) is 0 Å². The maximum absolute atomic E-state index is 12.0. The third kappa shape index (κ3) is 7.74. The second-order valence-electron chi connectivity index (χ2n) is 7.15. The minimum absolute atomic E-state index is 0. The smallest absolute Gasteiger partial charge is 1.00 e. The van der Waals surface area contributed by atoms with Crippen LogP contribution in [0.25, 0.3) is 10.8 Å². The Hall–Kier alpha value is -2.04. The number of phenolic OH excluding ortho intramolecular Hbond substituents is 1. The van der Waals surface area contributed by atoms with E-state index in [-0.39, 0.29) is 78.4 Å². The average Bonchev–Trinajstić information content (AvgIpc) is 2.81. The molecule has 0 saturated carbocycles. The van der Waals surface area contributed by atoms with Crippen molar-refractivity contribution in [2.24, 2.45) is 20.5 Å². The Labute approximate surface area is 259 Å². The Bertz CT molecular complexity index is 1710. The number of phenols is 1. The van der Waals surface area contributed by atoms with Crippen LogP contribution in [0.15, 0.2) is 109 Å². The summed E-state index contributed by atoms with van der Waals surface area (Å²) < 4.78 is 66.0. The molecule has 37 heavy (non-hydrogen) atoms. The molecule has 4 aromatic rings. The fourth-order valence-electron chi connectivity index (χ4n) is 3.13. The predicted octanol–water partition coefficient (Wildman–Crippen LogP) is 0.103. The van der Waals surface area contributed by atoms with Gasteiger partial charge in [0.2, 0.25) is 0 Å². The van der Waals surface area contributed by atoms with E-state index in [2.05, 4.69) is 20.5 Å². The molecule has 0 radical (unpaired) electrons. The second-order valence-corrected chi connectivity index (χ2v) is 9.97. The molecular weight excluding hydrogens is 542 g/mol. The van der Waals surface area contributed by atoms with Gasteiger partial charge in [0.15, 0.2) is 0 Å². The van der Waals surface area contributed by atoms with E-state index in [0.717, 1.165) is 12.1 Å². The van der Waals surface area contributed by atoms with Gasteiger partial charge in [-0.05, 0) is 60.0 Å². The van der Waals surface area contributed by atoms with E-state index < -0.39 is 35.8 Å². The van der Waals surface area contributed by atoms with Gasteiger partial charge in [-0.15, -0.1) is 5.11 Å². The van der Waals surface area contributed by atoms with Crippen LogP contribution in [-0.4, -0.2) is 31.0 Å². The summed E-state index contributed by atoms with van der Waals surface area (Å²) in [7, 11) is -9.77. The van der Waals surface area contributed by atoms with Gasteiger partial charge < -0.3 is 7.96 Å². The Morgan fingerprint density at radius 2 is 1.14 bits per heavy atom. The van der Waals surface area contributed by atoms with Crippen LogP contribution in [0.2, 0.25) is 0 Å². The fourth-order valence-corrected chi connectivity index (χ4v) is 4.49. The Morgan fingerprint density at radius 1 is 0.622 bits per heavy atom. The molecule has 3 N–H and O–H groups in total. The normalized spacial score (nSPS) is 11.9. The standard InChI is InChI=1S/C22H16N4O7S2.2Na.2H/c27-19-11-6-14-12-18(34(28,29)30)13-20(35(31,32)33)21(14)22(19)26-25-17-9-7-16(8-10-17)24-23-15-4-2-1-3-5-15;;;;/h1-13,27H,(H,28,29,30)(H,31,32,33);;;;/q;2*+1;2*-1. The van der Waals surface area contributed by atoms with Crippen molar-refractivity contribution in [2.75, 3.05) is 0 Å². The molecule has 11 nitrogen and oxygen atoms in total. The first-order valence-electron chi connectivity index (χ1n) is 9.76. The van der Waals surface area contributed by atoms with E-state index in [9.17, 15) is 31.0 Å². The average molecular weight is 561 g/mol. The molecule has 0 fully saturated rings. The molecule has 0 aliphatic carbocycles. The minimum atomic E-state index is -4.98. The number of benzene rings is 4. The predicted molar refractivity (Wildman–Crippen MR) is 129 cm³/mol. The van der Waals surface area contributed by atoms with Crippen molar-refractivity contribution >= 4 is 53.8 Å². The van der Waals surface area contributed by atoms with E-state index in [0.29, 0.717) is 23.1 Å². The SMILES string of the molecule is O=S(=O)(O)c1cc(S(=O)(=O)O)c2c(N=Nc3ccc(N=Nc4ccccc4)cc3)c(O)ccc2c1.[H-].[H-].[Na+].[Na+]. The summed E-state index contributed by atoms with van der Waals surface area (Å²) in [5.41, 5.74) is 1.20. The fraction of sp³-hybridized carbons (Fsp3) is 0. The summed E-state index contributed by atoms with van der Waals surface area (Å²) in [5.74, 6) is -0.473. The minimum Gasteiger partial charge on any atom is -1.00 e. The van der Waals surface area contributed by atoms with Crippen LogP contribution in [0.5, 0.6) is 5.75 Å². The number of rotatable bonds is 6. The first-order chi connectivity index (χ1) is 16.5. The van der Waals surface area contributed by atoms with Crippen LogP contribution < -0.4 is 59.1 Å². The Morgan fingerprint density at radius 3 is 1.65 bits per heavy atom. The largest absolute Gasteiger partial charge is 1.00 e. The van der Waals surface area contributed by atoms with Crippen LogP contribution in [0.1, 0.15) is 2.85 Å². The van der Waals surface area contributed by atoms with Crippen molar-refractivity contribution < 1.29 is 93.0 Å². The van der Waals surface area contributed by atoms with Gasteiger partial charge in [0, 0.05) is 5.39 Å². The van der Waals surface area contributed by atoms with Gasteiger partial charge in [0.1, 0.15) is 16.3 Å². The van der Waals surface area contributed by atoms with Crippen LogP contribution in [-0.2, 0) is 20.2 Å². The number of azo groups is 2. The Balaban J connectivity index is 0.00000361. The van der Waals surface area contributed by atoms with Crippen LogP contribution in [0.3, 0.4) is 0 Å². The van der Waals surface area contributed by atoms with Crippen molar-refractivity contribution in [3.05, 3.63) is 78.9 Å². The van der Waals surface area contributed by atoms with Gasteiger partial charge in [-0.2, -0.15) is 32.2 Å². The third-order valence-corrected chi connectivity index (χ3v) is 6.44. The molecule has 0 aromatic heterocycles. The zero-order valence-electron chi connectivity index (χ0n) is 21.6. The first-order valence-corrected chi connectivity index (χ1v) is 12.6. The van der Waals surface area contributed by atoms with E-state index in [1.54, 1.807) is 36.4 Å². The molecule has 0 unspecified atom stereocenters. The van der Waals surface area contributed by atoms with Gasteiger partial charge in [0.05, 0.1) is 22.0 Å². The summed E-state index contributed by atoms with van der Waals surface area (Å²) >= 11 is 0. The second kappa shape index (κ2) is 12.7. The van der Waals surface area contributed by atoms with Gasteiger partial charge >= 0.3 is 59.1 Å². The topological polar surface area (TPSA) is 178 Å². The first kappa shape index (κ1) is 31.2. The van der Waals surface area contributed by atoms with E-state index in [1.165, 1.54) is 6.07 Å². The number of nitrogens with zero attached hydrogens (tertiary/aromatic N) is 4. The van der Waals surface area contributed by atoms with E-state index in [1.807, 2.05) is 18.2 Å². The van der Waals surface area contributed by atoms with Gasteiger partial charge in [-0.3, -0.25) is 9.11 Å². The Kier molecular flexibility index (Phi) is 10.7. The molecule has 0 bridgehead atoms. The summed E-state index contributed by atoms with van der Waals surface area (Å²) in [4.78, 5) is -1.63. The molecular formula is C22H18N4Na2O7S2. The number of fused-ring (bicyclic) bond motifs is 1. The molecule has 0 heterocycles. The molecule has 0 aliphatic heterocycles. The molecule has 0 saturated heterocycles. The number of aromatic hydroxyl groups is 1. The molecule has 15 heteroatoms. The third-order valence-electron chi connectivity index (χ3n) is 4.73. The summed E-state index contributed by atoms with van der Waals surface area (Å²) in [6.07, 6.45) is 0. The van der Waals surface area contributed by atoms with Crippen molar-refractivity contribution in [1.29, 1.82) is 0 Å². The number of hydrogen-bond donors (Lipinski definition) is 3. The summed E-state index contributed by atoms with van der Waals surface area (Å²) in [5, 5.41) is 26.1. The summed E-state index contributed by atoms with van der Waals surface area (Å²) in [6, 6.07) is 19.4. The van der Waals surface area contributed by atoms with Crippen LogP contribution in [0.4, 0.5) is 22.7 Å². The van der Waals surface area contributed by atoms with Gasteiger partial charge in [-0.25, -0.2) is 0 Å². The number of hydrogen-bond acceptors (Lipinski definition) is 9. The quantitative estimate of drug-likeness (QED) is 0.170. The van der Waals surface area contributed by atoms with E-state index >= 15 is 0 Å². The molecule has 4 rings (SSSR count). The molecule has 0 spiro atoms. The molecule has 4 aromatic carbocycles. The zero-order valence-corrected chi connectivity index (χ0v) is 25.2. The van der Waals surface area contributed by atoms with Gasteiger partial charge in [0.25, 0.3) is 20.2 Å². The van der Waals surface area contributed by atoms with Crippen molar-refractivity contribution in [3.8, 4) is 5.75 Å². The van der Waals surface area contributed by atoms with Crippen molar-refractivity contribution in [1.82, 2.24) is 0 Å².